The van der Waals surface area contributed by atoms with Crippen molar-refractivity contribution in [2.75, 3.05) is 11.4 Å². The summed E-state index contributed by atoms with van der Waals surface area (Å²) in [5.41, 5.74) is -0.570. The van der Waals surface area contributed by atoms with E-state index in [2.05, 4.69) is 21.2 Å². The molecule has 1 saturated carbocycles. The number of nitrogens with zero attached hydrogens (tertiary/aromatic N) is 1. The first-order valence-electron chi connectivity index (χ1n) is 7.96. The fourth-order valence-electron chi connectivity index (χ4n) is 3.17. The SMILES string of the molecule is C[C@@](NC(=O)[C@H]1CCN(c2ccccc2Br)C1=O)(C(=O)O)C1CC1. The second kappa shape index (κ2) is 6.20. The number of rotatable bonds is 5. The summed E-state index contributed by atoms with van der Waals surface area (Å²) in [5, 5.41) is 12.1. The van der Waals surface area contributed by atoms with Crippen LogP contribution < -0.4 is 10.2 Å². The van der Waals surface area contributed by atoms with Gasteiger partial charge >= 0.3 is 5.97 Å². The van der Waals surface area contributed by atoms with Gasteiger partial charge in [-0.25, -0.2) is 4.79 Å². The Labute approximate surface area is 148 Å². The Morgan fingerprint density at radius 3 is 2.54 bits per heavy atom. The van der Waals surface area contributed by atoms with Crippen LogP contribution in [0.4, 0.5) is 5.69 Å². The van der Waals surface area contributed by atoms with Crippen molar-refractivity contribution in [3.63, 3.8) is 0 Å². The van der Waals surface area contributed by atoms with Crippen LogP contribution in [-0.2, 0) is 14.4 Å². The zero-order valence-corrected chi connectivity index (χ0v) is 14.9. The molecule has 1 aromatic carbocycles. The molecule has 1 saturated heterocycles. The lowest BCUT2D eigenvalue weighted by Crippen LogP contribution is -2.56. The van der Waals surface area contributed by atoms with Gasteiger partial charge in [0.05, 0.1) is 5.69 Å². The minimum atomic E-state index is -1.29. The van der Waals surface area contributed by atoms with E-state index in [1.807, 2.05) is 24.3 Å². The van der Waals surface area contributed by atoms with E-state index in [0.29, 0.717) is 13.0 Å². The van der Waals surface area contributed by atoms with Crippen molar-refractivity contribution in [2.45, 2.75) is 31.7 Å². The highest BCUT2D eigenvalue weighted by molar-refractivity contribution is 9.10. The monoisotopic (exact) mass is 394 g/mol. The van der Waals surface area contributed by atoms with Gasteiger partial charge in [0, 0.05) is 11.0 Å². The molecule has 2 atom stereocenters. The number of anilines is 1. The summed E-state index contributed by atoms with van der Waals surface area (Å²) in [5.74, 6) is -2.73. The maximum absolute atomic E-state index is 12.6. The molecule has 2 aliphatic rings. The molecule has 1 aliphatic carbocycles. The van der Waals surface area contributed by atoms with Crippen LogP contribution >= 0.6 is 15.9 Å². The zero-order valence-electron chi connectivity index (χ0n) is 13.3. The summed E-state index contributed by atoms with van der Waals surface area (Å²) in [6.07, 6.45) is 1.95. The van der Waals surface area contributed by atoms with E-state index in [4.69, 9.17) is 0 Å². The highest BCUT2D eigenvalue weighted by Crippen LogP contribution is 2.40. The Morgan fingerprint density at radius 2 is 1.96 bits per heavy atom. The minimum absolute atomic E-state index is 0.0603. The lowest BCUT2D eigenvalue weighted by molar-refractivity contribution is -0.149. The second-order valence-corrected chi connectivity index (χ2v) is 7.41. The molecule has 0 bridgehead atoms. The fourth-order valence-corrected chi connectivity index (χ4v) is 3.67. The number of carbonyl (C=O) groups excluding carboxylic acids is 2. The third kappa shape index (κ3) is 2.92. The van der Waals surface area contributed by atoms with Crippen molar-refractivity contribution in [3.8, 4) is 0 Å². The van der Waals surface area contributed by atoms with Crippen LogP contribution in [0.1, 0.15) is 26.2 Å². The number of carboxylic acid groups (broad SMARTS) is 1. The quantitative estimate of drug-likeness (QED) is 0.749. The molecule has 2 fully saturated rings. The maximum Gasteiger partial charge on any atom is 0.329 e. The largest absolute Gasteiger partial charge is 0.480 e. The normalized spacial score (nSPS) is 23.0. The molecule has 3 rings (SSSR count). The van der Waals surface area contributed by atoms with Gasteiger partial charge in [0.25, 0.3) is 0 Å². The van der Waals surface area contributed by atoms with Crippen LogP contribution in [0.5, 0.6) is 0 Å². The molecule has 128 valence electrons. The molecule has 6 nitrogen and oxygen atoms in total. The predicted octanol–water partition coefficient (Wildman–Crippen LogP) is 2.17. The summed E-state index contributed by atoms with van der Waals surface area (Å²) in [7, 11) is 0. The standard InChI is InChI=1S/C17H19BrN2O4/c1-17(16(23)24,10-6-7-10)19-14(21)11-8-9-20(15(11)22)13-5-3-2-4-12(13)18/h2-5,10-11H,6-9H2,1H3,(H,19,21)(H,23,24)/t11-,17+/m1/s1. The first-order chi connectivity index (χ1) is 11.3. The highest BCUT2D eigenvalue weighted by Gasteiger charge is 2.50. The van der Waals surface area contributed by atoms with Gasteiger partial charge in [-0.2, -0.15) is 0 Å². The van der Waals surface area contributed by atoms with Gasteiger partial charge in [-0.3, -0.25) is 9.59 Å². The van der Waals surface area contributed by atoms with Gasteiger partial charge in [0.15, 0.2) is 0 Å². The molecule has 0 spiro atoms. The van der Waals surface area contributed by atoms with Crippen LogP contribution in [0.2, 0.25) is 0 Å². The summed E-state index contributed by atoms with van der Waals surface area (Å²) in [6.45, 7) is 1.96. The summed E-state index contributed by atoms with van der Waals surface area (Å²) < 4.78 is 0.785. The van der Waals surface area contributed by atoms with Crippen molar-refractivity contribution < 1.29 is 19.5 Å². The topological polar surface area (TPSA) is 86.7 Å². The summed E-state index contributed by atoms with van der Waals surface area (Å²) >= 11 is 3.41. The van der Waals surface area contributed by atoms with E-state index >= 15 is 0 Å². The number of aliphatic carboxylic acids is 1. The zero-order chi connectivity index (χ0) is 17.5. The van der Waals surface area contributed by atoms with Gasteiger partial charge in [0.1, 0.15) is 11.5 Å². The van der Waals surface area contributed by atoms with E-state index in [1.54, 1.807) is 4.90 Å². The number of hydrogen-bond donors (Lipinski definition) is 2. The molecule has 7 heteroatoms. The Balaban J connectivity index is 1.74. The van der Waals surface area contributed by atoms with Crippen LogP contribution in [0.25, 0.3) is 0 Å². The Kier molecular flexibility index (Phi) is 4.38. The molecule has 1 aliphatic heterocycles. The number of halogens is 1. The molecule has 0 aromatic heterocycles. The molecular weight excluding hydrogens is 376 g/mol. The minimum Gasteiger partial charge on any atom is -0.480 e. The lowest BCUT2D eigenvalue weighted by Gasteiger charge is -2.27. The van der Waals surface area contributed by atoms with E-state index in [1.165, 1.54) is 6.92 Å². The smallest absolute Gasteiger partial charge is 0.329 e. The van der Waals surface area contributed by atoms with Gasteiger partial charge in [0.2, 0.25) is 11.8 Å². The maximum atomic E-state index is 12.6. The van der Waals surface area contributed by atoms with Crippen molar-refractivity contribution in [1.29, 1.82) is 0 Å². The third-order valence-corrected chi connectivity index (χ3v) is 5.56. The number of nitrogens with one attached hydrogen (secondary N) is 1. The number of para-hydroxylation sites is 1. The highest BCUT2D eigenvalue weighted by atomic mass is 79.9. The van der Waals surface area contributed by atoms with Gasteiger partial charge in [-0.1, -0.05) is 12.1 Å². The average Bonchev–Trinajstić information content (AvgIpc) is 3.31. The second-order valence-electron chi connectivity index (χ2n) is 6.55. The number of carbonyl (C=O) groups is 3. The van der Waals surface area contributed by atoms with Crippen LogP contribution in [0, 0.1) is 11.8 Å². The van der Waals surface area contributed by atoms with E-state index in [-0.39, 0.29) is 11.8 Å². The molecule has 0 radical (unpaired) electrons. The Bertz CT molecular complexity index is 704. The van der Waals surface area contributed by atoms with E-state index < -0.39 is 23.3 Å². The van der Waals surface area contributed by atoms with Crippen LogP contribution in [-0.4, -0.2) is 35.0 Å². The average molecular weight is 395 g/mol. The lowest BCUT2D eigenvalue weighted by atomic mass is 9.94. The van der Waals surface area contributed by atoms with Gasteiger partial charge in [-0.15, -0.1) is 0 Å². The van der Waals surface area contributed by atoms with Crippen molar-refractivity contribution in [1.82, 2.24) is 5.32 Å². The van der Waals surface area contributed by atoms with Crippen LogP contribution in [0.3, 0.4) is 0 Å². The first kappa shape index (κ1) is 17.0. The van der Waals surface area contributed by atoms with E-state index in [9.17, 15) is 19.5 Å². The molecule has 2 amide bonds. The first-order valence-corrected chi connectivity index (χ1v) is 8.75. The van der Waals surface area contributed by atoms with Crippen molar-refractivity contribution in [3.05, 3.63) is 28.7 Å². The number of hydrogen-bond acceptors (Lipinski definition) is 3. The number of benzene rings is 1. The van der Waals surface area contributed by atoms with Crippen molar-refractivity contribution in [2.24, 2.45) is 11.8 Å². The molecule has 24 heavy (non-hydrogen) atoms. The third-order valence-electron chi connectivity index (χ3n) is 4.89. The number of carboxylic acids is 1. The molecule has 1 aromatic rings. The molecule has 2 N–H and O–H groups in total. The van der Waals surface area contributed by atoms with Gasteiger partial charge < -0.3 is 15.3 Å². The number of amides is 2. The summed E-state index contributed by atoms with van der Waals surface area (Å²) in [4.78, 5) is 38.3. The predicted molar refractivity (Wildman–Crippen MR) is 91.5 cm³/mol. The van der Waals surface area contributed by atoms with Crippen molar-refractivity contribution >= 4 is 39.4 Å². The molecule has 1 heterocycles. The van der Waals surface area contributed by atoms with E-state index in [0.717, 1.165) is 23.0 Å². The Hall–Kier alpha value is -1.89. The fraction of sp³-hybridized carbons (Fsp3) is 0.471. The Morgan fingerprint density at radius 1 is 1.29 bits per heavy atom. The molecule has 0 unspecified atom stereocenters. The van der Waals surface area contributed by atoms with Gasteiger partial charge in [-0.05, 0) is 60.2 Å². The molecular formula is C17H19BrN2O4. The van der Waals surface area contributed by atoms with Crippen LogP contribution in [0.15, 0.2) is 28.7 Å². The summed E-state index contributed by atoms with van der Waals surface area (Å²) in [6, 6.07) is 7.33.